The Balaban J connectivity index is 1.96. The summed E-state index contributed by atoms with van der Waals surface area (Å²) >= 11 is 6.01. The second-order valence-electron chi connectivity index (χ2n) is 5.84. The summed E-state index contributed by atoms with van der Waals surface area (Å²) in [4.78, 5) is 17.9. The zero-order valence-electron chi connectivity index (χ0n) is 11.5. The van der Waals surface area contributed by atoms with Crippen LogP contribution >= 0.6 is 11.6 Å². The molecule has 0 spiro atoms. The second kappa shape index (κ2) is 5.37. The van der Waals surface area contributed by atoms with Crippen molar-refractivity contribution in [2.45, 2.75) is 33.3 Å². The van der Waals surface area contributed by atoms with E-state index in [-0.39, 0.29) is 17.4 Å². The van der Waals surface area contributed by atoms with Crippen molar-refractivity contribution >= 4 is 17.5 Å². The minimum atomic E-state index is -0.344. The van der Waals surface area contributed by atoms with Gasteiger partial charge in [-0.25, -0.2) is 0 Å². The highest BCUT2D eigenvalue weighted by atomic mass is 35.5. The van der Waals surface area contributed by atoms with Gasteiger partial charge in [-0.05, 0) is 0 Å². The minimum absolute atomic E-state index is 0.00574. The van der Waals surface area contributed by atoms with Gasteiger partial charge in [0.05, 0.1) is 6.54 Å². The van der Waals surface area contributed by atoms with Gasteiger partial charge in [0.1, 0.15) is 16.9 Å². The lowest BCUT2D eigenvalue weighted by atomic mass is 9.95. The molecule has 1 aliphatic heterocycles. The Hall–Kier alpha value is -1.29. The number of carbonyl (C=O) groups excluding carboxylic acids is 1. The van der Waals surface area contributed by atoms with Crippen molar-refractivity contribution in [3.05, 3.63) is 23.5 Å². The number of rotatable bonds is 2. The highest BCUT2D eigenvalue weighted by Gasteiger charge is 2.33. The van der Waals surface area contributed by atoms with Gasteiger partial charge in [-0.2, -0.15) is 0 Å². The summed E-state index contributed by atoms with van der Waals surface area (Å²) in [5.74, 6) is 0.797. The molecule has 1 amide bonds. The van der Waals surface area contributed by atoms with Crippen LogP contribution in [0.15, 0.2) is 18.5 Å². The molecule has 1 aromatic rings. The molecule has 1 saturated heterocycles. The van der Waals surface area contributed by atoms with Crippen molar-refractivity contribution in [2.24, 2.45) is 5.41 Å². The van der Waals surface area contributed by atoms with E-state index in [1.54, 1.807) is 18.5 Å². The maximum absolute atomic E-state index is 12.2. The molecule has 1 atom stereocenters. The number of pyridine rings is 1. The molecule has 4 nitrogen and oxygen atoms in total. The normalized spacial score (nSPS) is 19.6. The van der Waals surface area contributed by atoms with Gasteiger partial charge in [-0.15, -0.1) is 0 Å². The number of hydrogen-bond donors (Lipinski definition) is 0. The summed E-state index contributed by atoms with van der Waals surface area (Å²) in [5, 5.41) is 0.503. The van der Waals surface area contributed by atoms with Crippen LogP contribution in [-0.2, 0) is 4.79 Å². The molecule has 0 unspecified atom stereocenters. The highest BCUT2D eigenvalue weighted by molar-refractivity contribution is 6.31. The summed E-state index contributed by atoms with van der Waals surface area (Å²) in [5.41, 5.74) is -0.344. The standard InChI is InChI=1S/C14H19ClN2O2/c1-14(2,3)13(18)17-7-5-10(9-17)19-12-4-6-16-8-11(12)15/h4,6,8,10H,5,7,9H2,1-3H3/t10-/m0/s1. The van der Waals surface area contributed by atoms with Crippen molar-refractivity contribution in [3.63, 3.8) is 0 Å². The maximum atomic E-state index is 12.2. The number of likely N-dealkylation sites (tertiary alicyclic amines) is 1. The number of ether oxygens (including phenoxy) is 1. The number of halogens is 1. The molecule has 2 rings (SSSR count). The summed E-state index contributed by atoms with van der Waals surface area (Å²) in [7, 11) is 0. The Bertz CT molecular complexity index is 471. The fraction of sp³-hybridized carbons (Fsp3) is 0.571. The van der Waals surface area contributed by atoms with Crippen LogP contribution in [0.2, 0.25) is 5.02 Å². The van der Waals surface area contributed by atoms with Crippen molar-refractivity contribution in [2.75, 3.05) is 13.1 Å². The summed E-state index contributed by atoms with van der Waals surface area (Å²) in [6.07, 6.45) is 4.05. The topological polar surface area (TPSA) is 42.4 Å². The summed E-state index contributed by atoms with van der Waals surface area (Å²) < 4.78 is 5.83. The molecule has 0 aliphatic carbocycles. The fourth-order valence-electron chi connectivity index (χ4n) is 2.12. The average Bonchev–Trinajstić information content (AvgIpc) is 2.78. The Morgan fingerprint density at radius 3 is 2.89 bits per heavy atom. The lowest BCUT2D eigenvalue weighted by molar-refractivity contribution is -0.138. The second-order valence-corrected chi connectivity index (χ2v) is 6.24. The van der Waals surface area contributed by atoms with Crippen LogP contribution in [-0.4, -0.2) is 35.0 Å². The van der Waals surface area contributed by atoms with E-state index < -0.39 is 0 Å². The highest BCUT2D eigenvalue weighted by Crippen LogP contribution is 2.27. The van der Waals surface area contributed by atoms with Gasteiger partial charge in [0.2, 0.25) is 5.91 Å². The van der Waals surface area contributed by atoms with E-state index in [0.717, 1.165) is 13.0 Å². The van der Waals surface area contributed by atoms with Crippen LogP contribution in [0, 0.1) is 5.41 Å². The van der Waals surface area contributed by atoms with E-state index in [4.69, 9.17) is 16.3 Å². The minimum Gasteiger partial charge on any atom is -0.487 e. The number of carbonyl (C=O) groups is 1. The van der Waals surface area contributed by atoms with Crippen LogP contribution in [0.1, 0.15) is 27.2 Å². The van der Waals surface area contributed by atoms with E-state index in [2.05, 4.69) is 4.98 Å². The smallest absolute Gasteiger partial charge is 0.228 e. The van der Waals surface area contributed by atoms with Crippen LogP contribution in [0.5, 0.6) is 5.75 Å². The van der Waals surface area contributed by atoms with Crippen molar-refractivity contribution in [1.29, 1.82) is 0 Å². The fourth-order valence-corrected chi connectivity index (χ4v) is 2.28. The van der Waals surface area contributed by atoms with Gasteiger partial charge >= 0.3 is 0 Å². The predicted molar refractivity (Wildman–Crippen MR) is 74.3 cm³/mol. The third kappa shape index (κ3) is 3.38. The first-order chi connectivity index (χ1) is 8.88. The monoisotopic (exact) mass is 282 g/mol. The van der Waals surface area contributed by atoms with E-state index in [1.165, 1.54) is 0 Å². The lowest BCUT2D eigenvalue weighted by Gasteiger charge is -2.25. The Morgan fingerprint density at radius 1 is 1.53 bits per heavy atom. The van der Waals surface area contributed by atoms with Crippen molar-refractivity contribution < 1.29 is 9.53 Å². The Kier molecular flexibility index (Phi) is 3.99. The molecule has 104 valence electrons. The molecule has 0 bridgehead atoms. The van der Waals surface area contributed by atoms with Crippen LogP contribution in [0.4, 0.5) is 0 Å². The molecule has 0 saturated carbocycles. The third-order valence-electron chi connectivity index (χ3n) is 3.10. The lowest BCUT2D eigenvalue weighted by Crippen LogP contribution is -2.38. The van der Waals surface area contributed by atoms with Crippen LogP contribution in [0.25, 0.3) is 0 Å². The molecular weight excluding hydrogens is 264 g/mol. The molecule has 2 heterocycles. The number of amides is 1. The zero-order chi connectivity index (χ0) is 14.0. The maximum Gasteiger partial charge on any atom is 0.228 e. The van der Waals surface area contributed by atoms with Gasteiger partial charge in [-0.1, -0.05) is 32.4 Å². The Labute approximate surface area is 118 Å². The van der Waals surface area contributed by atoms with Crippen LogP contribution in [0.3, 0.4) is 0 Å². The van der Waals surface area contributed by atoms with Gasteiger partial charge < -0.3 is 9.64 Å². The number of hydrogen-bond acceptors (Lipinski definition) is 3. The molecular formula is C14H19ClN2O2. The Morgan fingerprint density at radius 2 is 2.26 bits per heavy atom. The molecule has 1 aliphatic rings. The van der Waals surface area contributed by atoms with Gasteiger partial charge in [0.15, 0.2) is 0 Å². The summed E-state index contributed by atoms with van der Waals surface area (Å²) in [6, 6.07) is 1.75. The first-order valence-electron chi connectivity index (χ1n) is 6.43. The molecule has 0 aromatic carbocycles. The molecule has 19 heavy (non-hydrogen) atoms. The van der Waals surface area contributed by atoms with Gasteiger partial charge in [0, 0.05) is 36.8 Å². The molecule has 1 fully saturated rings. The first-order valence-corrected chi connectivity index (χ1v) is 6.81. The van der Waals surface area contributed by atoms with E-state index in [1.807, 2.05) is 25.7 Å². The SMILES string of the molecule is CC(C)(C)C(=O)N1CC[C@H](Oc2ccncc2Cl)C1. The molecule has 5 heteroatoms. The first kappa shape index (κ1) is 14.1. The number of nitrogens with zero attached hydrogens (tertiary/aromatic N) is 2. The zero-order valence-corrected chi connectivity index (χ0v) is 12.3. The van der Waals surface area contributed by atoms with Crippen molar-refractivity contribution in [3.8, 4) is 5.75 Å². The molecule has 0 radical (unpaired) electrons. The van der Waals surface area contributed by atoms with E-state index in [0.29, 0.717) is 17.3 Å². The van der Waals surface area contributed by atoms with Crippen molar-refractivity contribution in [1.82, 2.24) is 9.88 Å². The van der Waals surface area contributed by atoms with Gasteiger partial charge in [-0.3, -0.25) is 9.78 Å². The third-order valence-corrected chi connectivity index (χ3v) is 3.39. The van der Waals surface area contributed by atoms with Crippen LogP contribution < -0.4 is 4.74 Å². The summed E-state index contributed by atoms with van der Waals surface area (Å²) in [6.45, 7) is 7.16. The molecule has 0 N–H and O–H groups in total. The largest absolute Gasteiger partial charge is 0.487 e. The number of aromatic nitrogens is 1. The van der Waals surface area contributed by atoms with E-state index in [9.17, 15) is 4.79 Å². The average molecular weight is 283 g/mol. The predicted octanol–water partition coefficient (Wildman–Crippen LogP) is 2.76. The van der Waals surface area contributed by atoms with Gasteiger partial charge in [0.25, 0.3) is 0 Å². The molecule has 1 aromatic heterocycles. The quantitative estimate of drug-likeness (QED) is 0.838. The van der Waals surface area contributed by atoms with E-state index >= 15 is 0 Å².